The lowest BCUT2D eigenvalue weighted by molar-refractivity contribution is 0.342. The molecular formula is C15H13BrO. The van der Waals surface area contributed by atoms with E-state index in [4.69, 9.17) is 4.74 Å². The van der Waals surface area contributed by atoms with E-state index in [1.54, 1.807) is 0 Å². The summed E-state index contributed by atoms with van der Waals surface area (Å²) >= 11 is 3.39. The summed E-state index contributed by atoms with van der Waals surface area (Å²) in [5, 5.41) is 0.865. The van der Waals surface area contributed by atoms with E-state index >= 15 is 0 Å². The van der Waals surface area contributed by atoms with E-state index in [0.717, 1.165) is 17.5 Å². The van der Waals surface area contributed by atoms with Gasteiger partial charge in [-0.15, -0.1) is 0 Å². The van der Waals surface area contributed by atoms with Crippen LogP contribution in [-0.2, 0) is 6.42 Å². The second-order valence-electron chi connectivity index (χ2n) is 4.15. The number of benzene rings is 2. The quantitative estimate of drug-likeness (QED) is 0.661. The molecule has 0 fully saturated rings. The van der Waals surface area contributed by atoms with Gasteiger partial charge in [-0.2, -0.15) is 0 Å². The zero-order chi connectivity index (χ0) is 11.7. The van der Waals surface area contributed by atoms with Crippen molar-refractivity contribution in [3.05, 3.63) is 53.6 Å². The Bertz CT molecular complexity index is 548. The number of hydrogen-bond acceptors (Lipinski definition) is 1. The molecule has 0 saturated heterocycles. The first kappa shape index (κ1) is 10.8. The molecule has 0 aliphatic heterocycles. The van der Waals surface area contributed by atoms with Gasteiger partial charge in [-0.1, -0.05) is 52.3 Å². The summed E-state index contributed by atoms with van der Waals surface area (Å²) in [5.41, 5.74) is 5.41. The number of halogens is 1. The minimum Gasteiger partial charge on any atom is -0.492 e. The summed E-state index contributed by atoms with van der Waals surface area (Å²) < 4.78 is 5.78. The molecular weight excluding hydrogens is 276 g/mol. The fourth-order valence-electron chi connectivity index (χ4n) is 2.41. The Morgan fingerprint density at radius 3 is 2.71 bits per heavy atom. The van der Waals surface area contributed by atoms with Crippen LogP contribution in [0.1, 0.15) is 11.1 Å². The number of rotatable bonds is 3. The van der Waals surface area contributed by atoms with Crippen LogP contribution in [0.2, 0.25) is 0 Å². The van der Waals surface area contributed by atoms with Crippen molar-refractivity contribution in [1.29, 1.82) is 0 Å². The molecule has 0 spiro atoms. The monoisotopic (exact) mass is 288 g/mol. The van der Waals surface area contributed by atoms with Gasteiger partial charge >= 0.3 is 0 Å². The molecule has 2 heteroatoms. The second-order valence-corrected chi connectivity index (χ2v) is 4.95. The molecule has 1 nitrogen and oxygen atoms in total. The highest BCUT2D eigenvalue weighted by molar-refractivity contribution is 9.09. The average molecular weight is 289 g/mol. The number of fused-ring (bicyclic) bond motifs is 3. The van der Waals surface area contributed by atoms with Crippen LogP contribution in [-0.4, -0.2) is 11.9 Å². The van der Waals surface area contributed by atoms with Crippen LogP contribution in [0.15, 0.2) is 42.5 Å². The van der Waals surface area contributed by atoms with Crippen molar-refractivity contribution < 1.29 is 4.74 Å². The van der Waals surface area contributed by atoms with E-state index in [9.17, 15) is 0 Å². The third-order valence-corrected chi connectivity index (χ3v) is 3.47. The van der Waals surface area contributed by atoms with Crippen LogP contribution in [0.3, 0.4) is 0 Å². The first-order valence-electron chi connectivity index (χ1n) is 5.79. The van der Waals surface area contributed by atoms with Gasteiger partial charge in [0.1, 0.15) is 5.75 Å². The molecule has 3 rings (SSSR count). The van der Waals surface area contributed by atoms with Gasteiger partial charge < -0.3 is 4.74 Å². The van der Waals surface area contributed by atoms with Crippen LogP contribution in [0, 0.1) is 0 Å². The molecule has 0 unspecified atom stereocenters. The molecule has 0 saturated carbocycles. The molecule has 0 radical (unpaired) electrons. The lowest BCUT2D eigenvalue weighted by Gasteiger charge is -2.09. The molecule has 0 bridgehead atoms. The number of alkyl halides is 1. The Morgan fingerprint density at radius 2 is 1.82 bits per heavy atom. The topological polar surface area (TPSA) is 9.23 Å². The predicted octanol–water partition coefficient (Wildman–Crippen LogP) is 4.03. The lowest BCUT2D eigenvalue weighted by Crippen LogP contribution is -2.00. The van der Waals surface area contributed by atoms with Crippen LogP contribution >= 0.6 is 15.9 Å². The van der Waals surface area contributed by atoms with Gasteiger partial charge in [0, 0.05) is 17.3 Å². The van der Waals surface area contributed by atoms with Gasteiger partial charge in [0.2, 0.25) is 0 Å². The van der Waals surface area contributed by atoms with E-state index in [1.807, 2.05) is 0 Å². The maximum atomic E-state index is 5.78. The van der Waals surface area contributed by atoms with E-state index < -0.39 is 0 Å². The predicted molar refractivity (Wildman–Crippen MR) is 74.0 cm³/mol. The van der Waals surface area contributed by atoms with Crippen molar-refractivity contribution in [2.75, 3.05) is 11.9 Å². The molecule has 1 aliphatic carbocycles. The molecule has 0 aromatic heterocycles. The fraction of sp³-hybridized carbons (Fsp3) is 0.200. The average Bonchev–Trinajstić information content (AvgIpc) is 2.75. The molecule has 0 heterocycles. The van der Waals surface area contributed by atoms with Crippen molar-refractivity contribution in [2.24, 2.45) is 0 Å². The summed E-state index contributed by atoms with van der Waals surface area (Å²) in [6.45, 7) is 0.715. The lowest BCUT2D eigenvalue weighted by atomic mass is 10.1. The van der Waals surface area contributed by atoms with Crippen LogP contribution in [0.5, 0.6) is 5.75 Å². The summed E-state index contributed by atoms with van der Waals surface area (Å²) in [4.78, 5) is 0. The number of hydrogen-bond donors (Lipinski definition) is 0. The third-order valence-electron chi connectivity index (χ3n) is 3.14. The largest absolute Gasteiger partial charge is 0.492 e. The second kappa shape index (κ2) is 4.53. The SMILES string of the molecule is BrCCOc1cccc2c1Cc1ccccc1-2. The van der Waals surface area contributed by atoms with Gasteiger partial charge in [0.05, 0.1) is 6.61 Å². The zero-order valence-corrected chi connectivity index (χ0v) is 11.0. The van der Waals surface area contributed by atoms with E-state index in [-0.39, 0.29) is 0 Å². The molecule has 17 heavy (non-hydrogen) atoms. The highest BCUT2D eigenvalue weighted by atomic mass is 79.9. The molecule has 1 aliphatic rings. The Balaban J connectivity index is 2.05. The summed E-state index contributed by atoms with van der Waals surface area (Å²) in [6.07, 6.45) is 0.990. The van der Waals surface area contributed by atoms with Crippen molar-refractivity contribution in [3.63, 3.8) is 0 Å². The van der Waals surface area contributed by atoms with E-state index in [0.29, 0.717) is 6.61 Å². The van der Waals surface area contributed by atoms with Gasteiger partial charge in [-0.25, -0.2) is 0 Å². The van der Waals surface area contributed by atoms with Gasteiger partial charge in [0.15, 0.2) is 0 Å². The van der Waals surface area contributed by atoms with Gasteiger partial charge in [-0.05, 0) is 22.8 Å². The van der Waals surface area contributed by atoms with Crippen LogP contribution < -0.4 is 4.74 Å². The summed E-state index contributed by atoms with van der Waals surface area (Å²) in [7, 11) is 0. The molecule has 0 atom stereocenters. The molecule has 86 valence electrons. The maximum Gasteiger partial charge on any atom is 0.123 e. The normalized spacial score (nSPS) is 12.1. The minimum absolute atomic E-state index is 0.715. The summed E-state index contributed by atoms with van der Waals surface area (Å²) in [6, 6.07) is 14.9. The van der Waals surface area contributed by atoms with Crippen molar-refractivity contribution >= 4 is 15.9 Å². The highest BCUT2D eigenvalue weighted by Gasteiger charge is 2.20. The molecule has 0 N–H and O–H groups in total. The Morgan fingerprint density at radius 1 is 1.00 bits per heavy atom. The van der Waals surface area contributed by atoms with Crippen LogP contribution in [0.25, 0.3) is 11.1 Å². The Labute approximate surface area is 110 Å². The first-order valence-corrected chi connectivity index (χ1v) is 6.91. The molecule has 2 aromatic carbocycles. The Kier molecular flexibility index (Phi) is 2.89. The zero-order valence-electron chi connectivity index (χ0n) is 9.45. The van der Waals surface area contributed by atoms with Crippen molar-refractivity contribution in [3.8, 4) is 16.9 Å². The molecule has 0 amide bonds. The van der Waals surface area contributed by atoms with Crippen molar-refractivity contribution in [2.45, 2.75) is 6.42 Å². The maximum absolute atomic E-state index is 5.78. The highest BCUT2D eigenvalue weighted by Crippen LogP contribution is 2.40. The molecule has 2 aromatic rings. The Hall–Kier alpha value is -1.28. The van der Waals surface area contributed by atoms with Gasteiger partial charge in [-0.3, -0.25) is 0 Å². The smallest absolute Gasteiger partial charge is 0.123 e. The minimum atomic E-state index is 0.715. The van der Waals surface area contributed by atoms with E-state index in [2.05, 4.69) is 58.4 Å². The van der Waals surface area contributed by atoms with Crippen LogP contribution in [0.4, 0.5) is 0 Å². The first-order chi connectivity index (χ1) is 8.40. The third kappa shape index (κ3) is 1.87. The fourth-order valence-corrected chi connectivity index (χ4v) is 2.57. The van der Waals surface area contributed by atoms with Crippen molar-refractivity contribution in [1.82, 2.24) is 0 Å². The standard InChI is InChI=1S/C15H13BrO/c16-8-9-17-15-7-3-6-13-12-5-2-1-4-11(12)10-14(13)15/h1-7H,8-10H2. The van der Waals surface area contributed by atoms with E-state index in [1.165, 1.54) is 22.3 Å². The van der Waals surface area contributed by atoms with Gasteiger partial charge in [0.25, 0.3) is 0 Å². The number of ether oxygens (including phenoxy) is 1. The summed E-state index contributed by atoms with van der Waals surface area (Å²) in [5.74, 6) is 1.03.